The van der Waals surface area contributed by atoms with Gasteiger partial charge in [0.2, 0.25) is 0 Å². The molecule has 2 atom stereocenters. The molecule has 0 radical (unpaired) electrons. The molecule has 1 N–H and O–H groups in total. The summed E-state index contributed by atoms with van der Waals surface area (Å²) in [5.74, 6) is 0. The summed E-state index contributed by atoms with van der Waals surface area (Å²) < 4.78 is 0. The summed E-state index contributed by atoms with van der Waals surface area (Å²) in [7, 11) is 0. The predicted molar refractivity (Wildman–Crippen MR) is 66.9 cm³/mol. The Balaban J connectivity index is 0.00000162. The van der Waals surface area contributed by atoms with Gasteiger partial charge in [0, 0.05) is 26.5 Å². The molecule has 100 valence electrons. The average Bonchev–Trinajstić information content (AvgIpc) is 2.85. The molecule has 0 amide bonds. The van der Waals surface area contributed by atoms with Crippen LogP contribution >= 0.6 is 0 Å². The number of aliphatic hydroxyl groups is 1. The van der Waals surface area contributed by atoms with Crippen molar-refractivity contribution >= 4 is 0 Å². The smallest absolute Gasteiger partial charge is 0.0991 e. The molecule has 1 aromatic rings. The van der Waals surface area contributed by atoms with E-state index in [-0.39, 0.29) is 32.6 Å². The number of benzene rings is 1. The van der Waals surface area contributed by atoms with E-state index in [1.165, 1.54) is 0 Å². The maximum atomic E-state index is 10.1. The van der Waals surface area contributed by atoms with Gasteiger partial charge in [-0.25, -0.2) is 0 Å². The second-order valence-electron chi connectivity index (χ2n) is 4.64. The molecule has 1 fully saturated rings. The molecule has 1 saturated heterocycles. The van der Waals surface area contributed by atoms with Gasteiger partial charge in [-0.3, -0.25) is 0 Å². The van der Waals surface area contributed by atoms with Crippen molar-refractivity contribution in [2.75, 3.05) is 6.54 Å². The van der Waals surface area contributed by atoms with Crippen molar-refractivity contribution in [3.63, 3.8) is 0 Å². The Bertz CT molecular complexity index is 436. The second kappa shape index (κ2) is 7.02. The quantitative estimate of drug-likeness (QED) is 0.862. The monoisotopic (exact) mass is 335 g/mol. The maximum absolute atomic E-state index is 10.1. The summed E-state index contributed by atoms with van der Waals surface area (Å²) in [4.78, 5) is 0. The van der Waals surface area contributed by atoms with E-state index in [1.807, 2.05) is 19.1 Å². The van der Waals surface area contributed by atoms with Crippen molar-refractivity contribution in [2.45, 2.75) is 38.3 Å². The van der Waals surface area contributed by atoms with Gasteiger partial charge in [0.15, 0.2) is 0 Å². The fourth-order valence-electron chi connectivity index (χ4n) is 2.32. The van der Waals surface area contributed by atoms with Crippen molar-refractivity contribution in [3.8, 4) is 6.07 Å². The Morgan fingerprint density at radius 3 is 2.89 bits per heavy atom. The number of aryl methyl sites for hydroxylation is 1. The number of hydrogen-bond donors (Lipinski definition) is 1. The van der Waals surface area contributed by atoms with Crippen LogP contribution in [0.3, 0.4) is 0 Å². The van der Waals surface area contributed by atoms with E-state index in [9.17, 15) is 5.11 Å². The molecule has 0 spiro atoms. The van der Waals surface area contributed by atoms with Gasteiger partial charge >= 0.3 is 0 Å². The fourth-order valence-corrected chi connectivity index (χ4v) is 2.32. The van der Waals surface area contributed by atoms with Gasteiger partial charge in [-0.05, 0) is 36.6 Å². The van der Waals surface area contributed by atoms with Crippen molar-refractivity contribution in [3.05, 3.63) is 40.2 Å². The van der Waals surface area contributed by atoms with Crippen molar-refractivity contribution in [1.29, 1.82) is 5.26 Å². The molecular formula is C14H17N2OPd-. The first-order valence-electron chi connectivity index (χ1n) is 6.05. The van der Waals surface area contributed by atoms with E-state index < -0.39 is 0 Å². The SMILES string of the molecule is Cc1cc(C#N)ccc1CC(O)C1CCC[N-]1.[Pd]. The summed E-state index contributed by atoms with van der Waals surface area (Å²) >= 11 is 0. The van der Waals surface area contributed by atoms with E-state index in [1.54, 1.807) is 6.07 Å². The number of aliphatic hydroxyl groups excluding tert-OH is 1. The number of rotatable bonds is 3. The Kier molecular flexibility index (Phi) is 5.99. The minimum atomic E-state index is -0.385. The van der Waals surface area contributed by atoms with Gasteiger partial charge in [0.25, 0.3) is 0 Å². The third-order valence-corrected chi connectivity index (χ3v) is 3.37. The summed E-state index contributed by atoms with van der Waals surface area (Å²) in [6.07, 6.45) is 2.33. The van der Waals surface area contributed by atoms with Crippen LogP contribution in [0.4, 0.5) is 0 Å². The molecule has 18 heavy (non-hydrogen) atoms. The Hall–Kier alpha value is -0.708. The third-order valence-electron chi connectivity index (χ3n) is 3.37. The zero-order valence-electron chi connectivity index (χ0n) is 10.4. The van der Waals surface area contributed by atoms with Gasteiger partial charge in [0.1, 0.15) is 0 Å². The molecule has 4 heteroatoms. The number of nitriles is 1. The van der Waals surface area contributed by atoms with Crippen LogP contribution in [-0.4, -0.2) is 23.8 Å². The van der Waals surface area contributed by atoms with Crippen LogP contribution in [0.25, 0.3) is 5.32 Å². The standard InChI is InChI=1S/C14H17N2O.Pd/c1-10-7-11(9-15)4-5-12(10)8-14(17)13-3-2-6-16-13;/h4-5,7,13-14,17H,2-3,6,8H2,1H3;/q-1;. The maximum Gasteiger partial charge on any atom is 0.0991 e. The van der Waals surface area contributed by atoms with Crippen LogP contribution in [-0.2, 0) is 26.8 Å². The van der Waals surface area contributed by atoms with E-state index in [4.69, 9.17) is 5.26 Å². The van der Waals surface area contributed by atoms with Gasteiger partial charge in [-0.2, -0.15) is 5.26 Å². The number of nitrogens with zero attached hydrogens (tertiary/aromatic N) is 2. The zero-order chi connectivity index (χ0) is 12.3. The molecule has 1 aliphatic rings. The Morgan fingerprint density at radius 1 is 1.56 bits per heavy atom. The van der Waals surface area contributed by atoms with Gasteiger partial charge in [-0.15, -0.1) is 12.6 Å². The molecule has 0 aliphatic carbocycles. The molecular weight excluding hydrogens is 319 g/mol. The molecule has 1 aromatic carbocycles. The average molecular weight is 336 g/mol. The minimum absolute atomic E-state index is 0. The van der Waals surface area contributed by atoms with Gasteiger partial charge < -0.3 is 10.4 Å². The van der Waals surface area contributed by atoms with Crippen LogP contribution in [0.15, 0.2) is 18.2 Å². The largest absolute Gasteiger partial charge is 0.657 e. The molecule has 0 aromatic heterocycles. The van der Waals surface area contributed by atoms with Crippen molar-refractivity contribution in [1.82, 2.24) is 0 Å². The van der Waals surface area contributed by atoms with Crippen molar-refractivity contribution in [2.24, 2.45) is 0 Å². The topological polar surface area (TPSA) is 58.1 Å². The summed E-state index contributed by atoms with van der Waals surface area (Å²) in [5.41, 5.74) is 2.85. The Morgan fingerprint density at radius 2 is 2.33 bits per heavy atom. The normalized spacial score (nSPS) is 19.9. The van der Waals surface area contributed by atoms with E-state index in [0.29, 0.717) is 12.0 Å². The van der Waals surface area contributed by atoms with Crippen LogP contribution in [0.5, 0.6) is 0 Å². The molecule has 1 heterocycles. The van der Waals surface area contributed by atoms with Crippen LogP contribution in [0.1, 0.15) is 29.5 Å². The van der Waals surface area contributed by atoms with Gasteiger partial charge in [0.05, 0.1) is 11.6 Å². The first kappa shape index (κ1) is 15.4. The molecule has 0 saturated carbocycles. The molecule has 2 rings (SSSR count). The van der Waals surface area contributed by atoms with Crippen LogP contribution < -0.4 is 0 Å². The van der Waals surface area contributed by atoms with E-state index in [2.05, 4.69) is 11.4 Å². The Labute approximate surface area is 122 Å². The van der Waals surface area contributed by atoms with Crippen LogP contribution in [0, 0.1) is 18.3 Å². The third kappa shape index (κ3) is 3.64. The van der Waals surface area contributed by atoms with Gasteiger partial charge in [-0.1, -0.05) is 18.9 Å². The predicted octanol–water partition coefficient (Wildman–Crippen LogP) is 2.30. The minimum Gasteiger partial charge on any atom is -0.657 e. The van der Waals surface area contributed by atoms with E-state index in [0.717, 1.165) is 30.5 Å². The van der Waals surface area contributed by atoms with Crippen molar-refractivity contribution < 1.29 is 25.5 Å². The van der Waals surface area contributed by atoms with Crippen LogP contribution in [0.2, 0.25) is 0 Å². The van der Waals surface area contributed by atoms with E-state index >= 15 is 0 Å². The molecule has 2 unspecified atom stereocenters. The molecule has 3 nitrogen and oxygen atoms in total. The molecule has 1 aliphatic heterocycles. The fraction of sp³-hybridized carbons (Fsp3) is 0.500. The second-order valence-corrected chi connectivity index (χ2v) is 4.64. The first-order valence-corrected chi connectivity index (χ1v) is 6.05. The summed E-state index contributed by atoms with van der Waals surface area (Å²) in [6, 6.07) is 7.84. The zero-order valence-corrected chi connectivity index (χ0v) is 11.9. The first-order chi connectivity index (χ1) is 8.20. The summed E-state index contributed by atoms with van der Waals surface area (Å²) in [5, 5.41) is 23.3. The molecule has 0 bridgehead atoms. The number of hydrogen-bond acceptors (Lipinski definition) is 2. The summed E-state index contributed by atoms with van der Waals surface area (Å²) in [6.45, 7) is 2.86.